The summed E-state index contributed by atoms with van der Waals surface area (Å²) in [5.74, 6) is 0.817. The van der Waals surface area contributed by atoms with Crippen molar-refractivity contribution >= 4 is 11.7 Å². The quantitative estimate of drug-likeness (QED) is 0.823. The third kappa shape index (κ3) is 6.37. The maximum atomic E-state index is 12.5. The summed E-state index contributed by atoms with van der Waals surface area (Å²) in [6, 6.07) is 7.51. The van der Waals surface area contributed by atoms with E-state index in [1.807, 2.05) is 43.0 Å². The van der Waals surface area contributed by atoms with Gasteiger partial charge in [0.25, 0.3) is 0 Å². The Morgan fingerprint density at radius 1 is 1.00 bits per heavy atom. The Morgan fingerprint density at radius 3 is 2.19 bits per heavy atom. The first-order chi connectivity index (χ1) is 13.1. The lowest BCUT2D eigenvalue weighted by Crippen LogP contribution is -2.51. The summed E-state index contributed by atoms with van der Waals surface area (Å²) in [4.78, 5) is 19.3. The summed E-state index contributed by atoms with van der Waals surface area (Å²) < 4.78 is 11.0. The maximum absolute atomic E-state index is 12.5. The summed E-state index contributed by atoms with van der Waals surface area (Å²) in [5, 5.41) is 2.98. The van der Waals surface area contributed by atoms with Crippen LogP contribution in [-0.4, -0.2) is 92.4 Å². The molecule has 2 aliphatic rings. The van der Waals surface area contributed by atoms with E-state index >= 15 is 0 Å². The number of nitrogens with zero attached hydrogens (tertiary/aromatic N) is 3. The normalized spacial score (nSPS) is 19.3. The van der Waals surface area contributed by atoms with E-state index in [2.05, 4.69) is 15.1 Å². The average Bonchev–Trinajstić information content (AvgIpc) is 2.69. The van der Waals surface area contributed by atoms with Gasteiger partial charge < -0.3 is 19.7 Å². The molecular formula is C20H32N4O3. The number of piperazine rings is 1. The number of nitrogens with one attached hydrogen (secondary N) is 1. The molecule has 2 fully saturated rings. The highest BCUT2D eigenvalue weighted by atomic mass is 16.5. The third-order valence-electron chi connectivity index (χ3n) is 4.97. The van der Waals surface area contributed by atoms with Crippen molar-refractivity contribution < 1.29 is 14.3 Å². The fourth-order valence-electron chi connectivity index (χ4n) is 3.37. The van der Waals surface area contributed by atoms with Gasteiger partial charge in [-0.05, 0) is 38.1 Å². The van der Waals surface area contributed by atoms with Gasteiger partial charge in [-0.1, -0.05) is 0 Å². The minimum atomic E-state index is -0.0274. The van der Waals surface area contributed by atoms with Crippen molar-refractivity contribution in [2.24, 2.45) is 0 Å². The highest BCUT2D eigenvalue weighted by molar-refractivity contribution is 5.89. The van der Waals surface area contributed by atoms with E-state index in [1.54, 1.807) is 0 Å². The third-order valence-corrected chi connectivity index (χ3v) is 4.97. The number of carbonyl (C=O) groups excluding carboxylic acids is 1. The van der Waals surface area contributed by atoms with Crippen LogP contribution in [-0.2, 0) is 4.74 Å². The average molecular weight is 377 g/mol. The molecule has 0 atom stereocenters. The summed E-state index contributed by atoms with van der Waals surface area (Å²) in [7, 11) is 0. The Labute approximate surface area is 162 Å². The van der Waals surface area contributed by atoms with Crippen molar-refractivity contribution in [3.05, 3.63) is 24.3 Å². The Balaban J connectivity index is 1.37. The highest BCUT2D eigenvalue weighted by Gasteiger charge is 2.21. The Kier molecular flexibility index (Phi) is 7.32. The molecule has 2 amide bonds. The summed E-state index contributed by atoms with van der Waals surface area (Å²) >= 11 is 0. The van der Waals surface area contributed by atoms with Crippen molar-refractivity contribution in [3.8, 4) is 5.75 Å². The van der Waals surface area contributed by atoms with Crippen LogP contribution in [0.2, 0.25) is 0 Å². The smallest absolute Gasteiger partial charge is 0.321 e. The van der Waals surface area contributed by atoms with E-state index in [0.717, 1.165) is 77.0 Å². The second-order valence-corrected chi connectivity index (χ2v) is 7.40. The molecule has 1 N–H and O–H groups in total. The first-order valence-corrected chi connectivity index (χ1v) is 9.95. The van der Waals surface area contributed by atoms with Gasteiger partial charge in [0.2, 0.25) is 0 Å². The van der Waals surface area contributed by atoms with Crippen LogP contribution in [0.15, 0.2) is 24.3 Å². The van der Waals surface area contributed by atoms with Crippen LogP contribution in [0.3, 0.4) is 0 Å². The van der Waals surface area contributed by atoms with Crippen molar-refractivity contribution in [1.29, 1.82) is 0 Å². The van der Waals surface area contributed by atoms with Crippen molar-refractivity contribution in [2.75, 3.05) is 70.9 Å². The van der Waals surface area contributed by atoms with Gasteiger partial charge in [-0.25, -0.2) is 4.79 Å². The largest absolute Gasteiger partial charge is 0.491 e. The molecule has 0 bridgehead atoms. The SMILES string of the molecule is CC(C)Oc1ccc(NC(=O)N2CCN(CCN3CCOCC3)CC2)cc1. The van der Waals surface area contributed by atoms with E-state index in [9.17, 15) is 4.79 Å². The second-order valence-electron chi connectivity index (χ2n) is 7.40. The van der Waals surface area contributed by atoms with Crippen molar-refractivity contribution in [3.63, 3.8) is 0 Å². The molecule has 7 heteroatoms. The molecule has 0 aliphatic carbocycles. The first kappa shape index (κ1) is 19.9. The van der Waals surface area contributed by atoms with Gasteiger partial charge in [0.15, 0.2) is 0 Å². The van der Waals surface area contributed by atoms with E-state index in [1.165, 1.54) is 0 Å². The number of rotatable bonds is 6. The summed E-state index contributed by atoms with van der Waals surface area (Å²) in [6.45, 7) is 13.3. The molecule has 3 rings (SSSR count). The molecule has 2 heterocycles. The molecule has 0 saturated carbocycles. The van der Waals surface area contributed by atoms with Crippen LogP contribution in [0.5, 0.6) is 5.75 Å². The minimum absolute atomic E-state index is 0.0274. The zero-order valence-electron chi connectivity index (χ0n) is 16.5. The van der Waals surface area contributed by atoms with Gasteiger partial charge >= 0.3 is 6.03 Å². The van der Waals surface area contributed by atoms with Gasteiger partial charge in [0.05, 0.1) is 19.3 Å². The molecule has 2 saturated heterocycles. The van der Waals surface area contributed by atoms with Gasteiger partial charge in [-0.15, -0.1) is 0 Å². The van der Waals surface area contributed by atoms with Crippen LogP contribution in [0.1, 0.15) is 13.8 Å². The van der Waals surface area contributed by atoms with Gasteiger partial charge in [0, 0.05) is 58.0 Å². The molecule has 150 valence electrons. The first-order valence-electron chi connectivity index (χ1n) is 9.95. The highest BCUT2D eigenvalue weighted by Crippen LogP contribution is 2.17. The lowest BCUT2D eigenvalue weighted by Gasteiger charge is -2.36. The van der Waals surface area contributed by atoms with Crippen molar-refractivity contribution in [2.45, 2.75) is 20.0 Å². The van der Waals surface area contributed by atoms with Crippen LogP contribution >= 0.6 is 0 Å². The topological polar surface area (TPSA) is 57.3 Å². The molecule has 7 nitrogen and oxygen atoms in total. The number of hydrogen-bond acceptors (Lipinski definition) is 5. The van der Waals surface area contributed by atoms with Gasteiger partial charge in [-0.3, -0.25) is 9.80 Å². The minimum Gasteiger partial charge on any atom is -0.491 e. The summed E-state index contributed by atoms with van der Waals surface area (Å²) in [6.07, 6.45) is 0.144. The van der Waals surface area contributed by atoms with Crippen molar-refractivity contribution in [1.82, 2.24) is 14.7 Å². The molecule has 1 aromatic rings. The fourth-order valence-corrected chi connectivity index (χ4v) is 3.37. The van der Waals surface area contributed by atoms with E-state index < -0.39 is 0 Å². The molecule has 0 spiro atoms. The standard InChI is InChI=1S/C20H32N4O3/c1-17(2)27-19-5-3-18(4-6-19)21-20(25)24-11-9-22(10-12-24)7-8-23-13-15-26-16-14-23/h3-6,17H,7-16H2,1-2H3,(H,21,25). The van der Waals surface area contributed by atoms with Gasteiger partial charge in [0.1, 0.15) is 5.75 Å². The van der Waals surface area contributed by atoms with Crippen LogP contribution in [0, 0.1) is 0 Å². The molecule has 0 aromatic heterocycles. The maximum Gasteiger partial charge on any atom is 0.321 e. The number of amides is 2. The van der Waals surface area contributed by atoms with E-state index in [-0.39, 0.29) is 12.1 Å². The molecular weight excluding hydrogens is 344 g/mol. The molecule has 27 heavy (non-hydrogen) atoms. The number of hydrogen-bond donors (Lipinski definition) is 1. The van der Waals surface area contributed by atoms with Crippen LogP contribution < -0.4 is 10.1 Å². The fraction of sp³-hybridized carbons (Fsp3) is 0.650. The van der Waals surface area contributed by atoms with Crippen LogP contribution in [0.4, 0.5) is 10.5 Å². The number of morpholine rings is 1. The number of anilines is 1. The van der Waals surface area contributed by atoms with Gasteiger partial charge in [-0.2, -0.15) is 0 Å². The Bertz CT molecular complexity index is 579. The van der Waals surface area contributed by atoms with Crippen LogP contribution in [0.25, 0.3) is 0 Å². The number of ether oxygens (including phenoxy) is 2. The molecule has 0 unspecified atom stereocenters. The predicted octanol–water partition coefficient (Wildman–Crippen LogP) is 1.96. The lowest BCUT2D eigenvalue weighted by molar-refractivity contribution is 0.0311. The Morgan fingerprint density at radius 2 is 1.59 bits per heavy atom. The zero-order chi connectivity index (χ0) is 19.1. The number of benzene rings is 1. The molecule has 0 radical (unpaired) electrons. The second kappa shape index (κ2) is 9.92. The summed E-state index contributed by atoms with van der Waals surface area (Å²) in [5.41, 5.74) is 0.797. The molecule has 1 aromatic carbocycles. The van der Waals surface area contributed by atoms with E-state index in [0.29, 0.717) is 0 Å². The predicted molar refractivity (Wildman–Crippen MR) is 106 cm³/mol. The monoisotopic (exact) mass is 376 g/mol. The molecule has 2 aliphatic heterocycles. The number of urea groups is 1. The van der Waals surface area contributed by atoms with E-state index in [4.69, 9.17) is 9.47 Å². The zero-order valence-corrected chi connectivity index (χ0v) is 16.5. The lowest BCUT2D eigenvalue weighted by atomic mass is 10.3. The number of carbonyl (C=O) groups is 1. The Hall–Kier alpha value is -1.83.